The molecule has 0 spiro atoms. The summed E-state index contributed by atoms with van der Waals surface area (Å²) in [5.41, 5.74) is 1.54. The van der Waals surface area contributed by atoms with Crippen molar-refractivity contribution in [1.82, 2.24) is 5.32 Å². The first-order valence-electron chi connectivity index (χ1n) is 5.47. The van der Waals surface area contributed by atoms with Gasteiger partial charge in [0.25, 0.3) is 0 Å². The summed E-state index contributed by atoms with van der Waals surface area (Å²) >= 11 is 0. The maximum absolute atomic E-state index is 12.0. The zero-order valence-electron chi connectivity index (χ0n) is 9.49. The van der Waals surface area contributed by atoms with Gasteiger partial charge in [0.2, 0.25) is 0 Å². The largest absolute Gasteiger partial charge is 0.464 e. The smallest absolute Gasteiger partial charge is 0.179 e. The Labute approximate surface area is 94.4 Å². The lowest BCUT2D eigenvalue weighted by atomic mass is 10.0. The van der Waals surface area contributed by atoms with Gasteiger partial charge in [-0.25, -0.2) is 0 Å². The van der Waals surface area contributed by atoms with Crippen LogP contribution in [0, 0.1) is 0 Å². The van der Waals surface area contributed by atoms with Crippen LogP contribution in [0.4, 0.5) is 0 Å². The van der Waals surface area contributed by atoms with Gasteiger partial charge in [-0.3, -0.25) is 4.79 Å². The highest BCUT2D eigenvalue weighted by molar-refractivity contribution is 6.02. The van der Waals surface area contributed by atoms with Crippen molar-refractivity contribution in [3.05, 3.63) is 36.1 Å². The molecule has 1 aromatic carbocycles. The highest BCUT2D eigenvalue weighted by Crippen LogP contribution is 2.17. The molecule has 1 heterocycles. The Kier molecular flexibility index (Phi) is 3.06. The zero-order chi connectivity index (χ0) is 11.5. The molecule has 0 aliphatic heterocycles. The van der Waals surface area contributed by atoms with E-state index in [0.29, 0.717) is 0 Å². The minimum absolute atomic E-state index is 0.116. The van der Waals surface area contributed by atoms with Crippen molar-refractivity contribution < 1.29 is 9.21 Å². The molecule has 1 atom stereocenters. The molecule has 3 nitrogen and oxygen atoms in total. The number of nitrogens with one attached hydrogen (secondary N) is 1. The maximum atomic E-state index is 12.0. The van der Waals surface area contributed by atoms with Crippen LogP contribution in [0.5, 0.6) is 0 Å². The molecule has 0 amide bonds. The van der Waals surface area contributed by atoms with E-state index < -0.39 is 0 Å². The zero-order valence-corrected chi connectivity index (χ0v) is 9.49. The van der Waals surface area contributed by atoms with E-state index in [1.807, 2.05) is 38.1 Å². The molecular formula is C13H15NO2. The summed E-state index contributed by atoms with van der Waals surface area (Å²) in [6.07, 6.45) is 1.63. The Morgan fingerprint density at radius 1 is 1.44 bits per heavy atom. The van der Waals surface area contributed by atoms with E-state index in [-0.39, 0.29) is 11.8 Å². The number of carbonyl (C=O) groups is 1. The Hall–Kier alpha value is -1.61. The van der Waals surface area contributed by atoms with Crippen molar-refractivity contribution >= 4 is 16.8 Å². The van der Waals surface area contributed by atoms with Crippen LogP contribution in [-0.4, -0.2) is 18.4 Å². The third-order valence-corrected chi connectivity index (χ3v) is 2.64. The summed E-state index contributed by atoms with van der Waals surface area (Å²) < 4.78 is 5.23. The van der Waals surface area contributed by atoms with Gasteiger partial charge >= 0.3 is 0 Å². The van der Waals surface area contributed by atoms with Crippen LogP contribution in [0.3, 0.4) is 0 Å². The van der Waals surface area contributed by atoms with E-state index in [4.69, 9.17) is 4.42 Å². The van der Waals surface area contributed by atoms with Gasteiger partial charge in [-0.2, -0.15) is 0 Å². The molecule has 16 heavy (non-hydrogen) atoms. The first kappa shape index (κ1) is 10.9. The van der Waals surface area contributed by atoms with Crippen molar-refractivity contribution in [2.45, 2.75) is 19.9 Å². The van der Waals surface area contributed by atoms with Crippen LogP contribution in [0.1, 0.15) is 24.2 Å². The minimum Gasteiger partial charge on any atom is -0.464 e. The Balaban J connectivity index is 2.28. The Morgan fingerprint density at radius 3 is 3.00 bits per heavy atom. The van der Waals surface area contributed by atoms with Crippen molar-refractivity contribution in [1.29, 1.82) is 0 Å². The molecule has 3 heteroatoms. The molecule has 2 rings (SSSR count). The van der Waals surface area contributed by atoms with E-state index >= 15 is 0 Å². The highest BCUT2D eigenvalue weighted by atomic mass is 16.3. The third kappa shape index (κ3) is 1.99. The topological polar surface area (TPSA) is 42.2 Å². The summed E-state index contributed by atoms with van der Waals surface area (Å²) in [6.45, 7) is 4.66. The molecule has 0 bridgehead atoms. The second-order valence-electron chi connectivity index (χ2n) is 3.82. The predicted molar refractivity (Wildman–Crippen MR) is 63.7 cm³/mol. The molecule has 84 valence electrons. The second-order valence-corrected chi connectivity index (χ2v) is 3.82. The van der Waals surface area contributed by atoms with Gasteiger partial charge in [0.15, 0.2) is 5.78 Å². The normalized spacial score (nSPS) is 12.9. The number of hydrogen-bond acceptors (Lipinski definition) is 3. The number of furan rings is 1. The van der Waals surface area contributed by atoms with Crippen molar-refractivity contribution in [2.24, 2.45) is 0 Å². The summed E-state index contributed by atoms with van der Waals surface area (Å²) in [6, 6.07) is 7.23. The highest BCUT2D eigenvalue weighted by Gasteiger charge is 2.14. The molecule has 1 unspecified atom stereocenters. The maximum Gasteiger partial charge on any atom is 0.179 e. The number of likely N-dealkylation sites (N-methyl/N-ethyl adjacent to an activating group) is 1. The number of Topliss-reactive ketones (excluding diaryl/α,β-unsaturated/α-hetero) is 1. The number of carbonyl (C=O) groups excluding carboxylic acids is 1. The number of benzene rings is 1. The van der Waals surface area contributed by atoms with E-state index in [1.165, 1.54) is 0 Å². The van der Waals surface area contributed by atoms with Crippen LogP contribution < -0.4 is 5.32 Å². The number of ketones is 1. The predicted octanol–water partition coefficient (Wildman–Crippen LogP) is 2.61. The molecule has 0 fully saturated rings. The fourth-order valence-electron chi connectivity index (χ4n) is 1.77. The van der Waals surface area contributed by atoms with Gasteiger partial charge in [-0.15, -0.1) is 0 Å². The number of rotatable bonds is 4. The van der Waals surface area contributed by atoms with Gasteiger partial charge in [0.05, 0.1) is 12.3 Å². The van der Waals surface area contributed by atoms with E-state index in [2.05, 4.69) is 5.32 Å². The Bertz CT molecular complexity index is 501. The van der Waals surface area contributed by atoms with Crippen LogP contribution in [-0.2, 0) is 0 Å². The van der Waals surface area contributed by atoms with Crippen LogP contribution in [0.15, 0.2) is 34.9 Å². The lowest BCUT2D eigenvalue weighted by Crippen LogP contribution is -2.33. The van der Waals surface area contributed by atoms with Crippen molar-refractivity contribution in [3.8, 4) is 0 Å². The first-order valence-corrected chi connectivity index (χ1v) is 5.47. The van der Waals surface area contributed by atoms with Gasteiger partial charge in [0, 0.05) is 10.9 Å². The lowest BCUT2D eigenvalue weighted by Gasteiger charge is -2.10. The summed E-state index contributed by atoms with van der Waals surface area (Å²) in [4.78, 5) is 12.0. The number of fused-ring (bicyclic) bond motifs is 1. The third-order valence-electron chi connectivity index (χ3n) is 2.64. The van der Waals surface area contributed by atoms with E-state index in [9.17, 15) is 4.79 Å². The van der Waals surface area contributed by atoms with Crippen LogP contribution in [0.25, 0.3) is 11.0 Å². The lowest BCUT2D eigenvalue weighted by molar-refractivity contribution is 0.0952. The summed E-state index contributed by atoms with van der Waals surface area (Å²) in [5, 5.41) is 4.08. The van der Waals surface area contributed by atoms with Gasteiger partial charge in [-0.1, -0.05) is 6.92 Å². The van der Waals surface area contributed by atoms with Gasteiger partial charge < -0.3 is 9.73 Å². The molecule has 0 saturated heterocycles. The summed E-state index contributed by atoms with van der Waals surface area (Å²) in [7, 11) is 0. The molecule has 0 saturated carbocycles. The quantitative estimate of drug-likeness (QED) is 0.800. The SMILES string of the molecule is CCNC(C)C(=O)c1ccc2occc2c1. The molecule has 1 aromatic heterocycles. The average Bonchev–Trinajstić information content (AvgIpc) is 2.75. The standard InChI is InChI=1S/C13H15NO2/c1-3-14-9(2)13(15)11-4-5-12-10(8-11)6-7-16-12/h4-9,14H,3H2,1-2H3. The molecule has 2 aromatic rings. The van der Waals surface area contributed by atoms with E-state index in [1.54, 1.807) is 6.26 Å². The summed E-state index contributed by atoms with van der Waals surface area (Å²) in [5.74, 6) is 0.116. The van der Waals surface area contributed by atoms with Crippen molar-refractivity contribution in [3.63, 3.8) is 0 Å². The second kappa shape index (κ2) is 4.49. The number of hydrogen-bond donors (Lipinski definition) is 1. The Morgan fingerprint density at radius 2 is 2.25 bits per heavy atom. The molecule has 0 aliphatic rings. The minimum atomic E-state index is -0.144. The fourth-order valence-corrected chi connectivity index (χ4v) is 1.77. The van der Waals surface area contributed by atoms with E-state index in [0.717, 1.165) is 23.1 Å². The molecule has 1 N–H and O–H groups in total. The van der Waals surface area contributed by atoms with Crippen molar-refractivity contribution in [2.75, 3.05) is 6.54 Å². The molecule has 0 radical (unpaired) electrons. The molecule has 0 aliphatic carbocycles. The van der Waals surface area contributed by atoms with Gasteiger partial charge in [-0.05, 0) is 37.7 Å². The van der Waals surface area contributed by atoms with Gasteiger partial charge in [0.1, 0.15) is 5.58 Å². The van der Waals surface area contributed by atoms with Crippen LogP contribution >= 0.6 is 0 Å². The fraction of sp³-hybridized carbons (Fsp3) is 0.308. The molecular weight excluding hydrogens is 202 g/mol. The first-order chi connectivity index (χ1) is 7.72. The average molecular weight is 217 g/mol. The van der Waals surface area contributed by atoms with Crippen LogP contribution in [0.2, 0.25) is 0 Å². The monoisotopic (exact) mass is 217 g/mol.